The van der Waals surface area contributed by atoms with E-state index in [2.05, 4.69) is 46.7 Å². The number of hydrogen-bond donors (Lipinski definition) is 1. The number of amides is 2. The van der Waals surface area contributed by atoms with Crippen LogP contribution in [0, 0.1) is 6.92 Å². The van der Waals surface area contributed by atoms with Crippen LogP contribution in [0.5, 0.6) is 0 Å². The van der Waals surface area contributed by atoms with Crippen LogP contribution >= 0.6 is 23.1 Å². The van der Waals surface area contributed by atoms with Crippen molar-refractivity contribution in [2.75, 3.05) is 5.75 Å². The molecule has 0 aliphatic carbocycles. The van der Waals surface area contributed by atoms with Crippen molar-refractivity contribution in [3.05, 3.63) is 130 Å². The van der Waals surface area contributed by atoms with E-state index in [0.717, 1.165) is 21.8 Å². The minimum Gasteiger partial charge on any atom is -0.345 e. The summed E-state index contributed by atoms with van der Waals surface area (Å²) in [6, 6.07) is 30.9. The summed E-state index contributed by atoms with van der Waals surface area (Å²) in [7, 11) is 0. The molecule has 8 nitrogen and oxygen atoms in total. The second kappa shape index (κ2) is 12.5. The molecule has 0 bridgehead atoms. The van der Waals surface area contributed by atoms with Crippen molar-refractivity contribution in [2.45, 2.75) is 31.1 Å². The summed E-state index contributed by atoms with van der Waals surface area (Å²) in [4.78, 5) is 27.4. The van der Waals surface area contributed by atoms with Gasteiger partial charge in [0.25, 0.3) is 11.8 Å². The molecular weight excluding hydrogens is 565 g/mol. The average molecular weight is 593 g/mol. The van der Waals surface area contributed by atoms with Crippen LogP contribution in [0.25, 0.3) is 5.69 Å². The maximum absolute atomic E-state index is 13.7. The lowest BCUT2D eigenvalue weighted by molar-refractivity contribution is -0.130. The lowest BCUT2D eigenvalue weighted by atomic mass is 10.00. The Labute approximate surface area is 252 Å². The minimum atomic E-state index is -0.196. The molecule has 1 N–H and O–H groups in total. The summed E-state index contributed by atoms with van der Waals surface area (Å²) >= 11 is 2.93. The molecule has 210 valence electrons. The summed E-state index contributed by atoms with van der Waals surface area (Å²) in [6.07, 6.45) is 0.658. The van der Waals surface area contributed by atoms with E-state index in [4.69, 9.17) is 5.10 Å². The molecule has 6 rings (SSSR count). The highest BCUT2D eigenvalue weighted by Gasteiger charge is 2.33. The second-order valence-corrected chi connectivity index (χ2v) is 11.7. The summed E-state index contributed by atoms with van der Waals surface area (Å²) in [5.41, 5.74) is 4.55. The molecule has 10 heteroatoms. The van der Waals surface area contributed by atoms with Gasteiger partial charge in [-0.15, -0.1) is 21.5 Å². The number of aromatic nitrogens is 3. The van der Waals surface area contributed by atoms with Crippen LogP contribution in [0.4, 0.5) is 0 Å². The smallest absolute Gasteiger partial charge is 0.253 e. The highest BCUT2D eigenvalue weighted by atomic mass is 32.2. The Hall–Kier alpha value is -4.54. The van der Waals surface area contributed by atoms with Crippen LogP contribution in [0.15, 0.2) is 113 Å². The van der Waals surface area contributed by atoms with Gasteiger partial charge in [-0.05, 0) is 48.2 Å². The largest absolute Gasteiger partial charge is 0.345 e. The first kappa shape index (κ1) is 27.6. The average Bonchev–Trinajstić information content (AvgIpc) is 3.80. The summed E-state index contributed by atoms with van der Waals surface area (Å²) in [5.74, 6) is 0.388. The second-order valence-electron chi connectivity index (χ2n) is 9.80. The van der Waals surface area contributed by atoms with Gasteiger partial charge in [-0.25, -0.2) is 5.01 Å². The molecule has 42 heavy (non-hydrogen) atoms. The van der Waals surface area contributed by atoms with Crippen LogP contribution in [0.1, 0.15) is 44.6 Å². The van der Waals surface area contributed by atoms with Crippen LogP contribution in [-0.4, -0.2) is 43.1 Å². The number of thioether (sulfide) groups is 1. The summed E-state index contributed by atoms with van der Waals surface area (Å²) in [5, 5.41) is 20.7. The fourth-order valence-corrected chi connectivity index (χ4v) is 6.31. The van der Waals surface area contributed by atoms with Gasteiger partial charge in [0.05, 0.1) is 28.9 Å². The number of benzene rings is 3. The lowest BCUT2D eigenvalue weighted by Gasteiger charge is -2.22. The molecular formula is C32H28N6O2S2. The Balaban J connectivity index is 1.22. The molecule has 0 spiro atoms. The highest BCUT2D eigenvalue weighted by Crippen LogP contribution is 2.35. The molecule has 0 radical (unpaired) electrons. The van der Waals surface area contributed by atoms with Gasteiger partial charge in [-0.2, -0.15) is 5.10 Å². The van der Waals surface area contributed by atoms with Gasteiger partial charge in [-0.3, -0.25) is 14.2 Å². The first-order valence-corrected chi connectivity index (χ1v) is 15.4. The number of thiophene rings is 1. The number of nitrogens with zero attached hydrogens (tertiary/aromatic N) is 5. The molecule has 1 aliphatic heterocycles. The first-order chi connectivity index (χ1) is 20.6. The Bertz CT molecular complexity index is 1700. The Morgan fingerprint density at radius 3 is 2.38 bits per heavy atom. The van der Waals surface area contributed by atoms with Gasteiger partial charge in [0, 0.05) is 17.7 Å². The van der Waals surface area contributed by atoms with E-state index >= 15 is 0 Å². The molecule has 0 fully saturated rings. The van der Waals surface area contributed by atoms with E-state index in [9.17, 15) is 9.59 Å². The monoisotopic (exact) mass is 592 g/mol. The van der Waals surface area contributed by atoms with E-state index < -0.39 is 0 Å². The van der Waals surface area contributed by atoms with Crippen LogP contribution < -0.4 is 5.32 Å². The maximum atomic E-state index is 13.7. The highest BCUT2D eigenvalue weighted by molar-refractivity contribution is 7.99. The maximum Gasteiger partial charge on any atom is 0.253 e. The Kier molecular flexibility index (Phi) is 8.25. The van der Waals surface area contributed by atoms with Crippen LogP contribution in [0.3, 0.4) is 0 Å². The van der Waals surface area contributed by atoms with Gasteiger partial charge in [0.2, 0.25) is 0 Å². The van der Waals surface area contributed by atoms with Gasteiger partial charge in [0.15, 0.2) is 11.0 Å². The molecule has 1 atom stereocenters. The number of hydrazone groups is 1. The van der Waals surface area contributed by atoms with Crippen molar-refractivity contribution in [1.82, 2.24) is 25.1 Å². The topological polar surface area (TPSA) is 92.5 Å². The molecule has 1 aliphatic rings. The standard InChI is InChI=1S/C32H28N6O2S2/c1-22-14-16-23(17-15-22)27-19-26(28-13-8-18-41-28)36-38(27)30(39)21-42-32-35-34-29(37(32)25-11-6-3-7-12-25)20-33-31(40)24-9-4-2-5-10-24/h2-18,27H,19-21H2,1H3,(H,33,40)/t27-/m0/s1. The predicted octanol–water partition coefficient (Wildman–Crippen LogP) is 6.04. The van der Waals surface area contributed by atoms with Crippen molar-refractivity contribution >= 4 is 40.6 Å². The third kappa shape index (κ3) is 6.05. The molecule has 2 aromatic heterocycles. The van der Waals surface area contributed by atoms with E-state index in [0.29, 0.717) is 23.0 Å². The van der Waals surface area contributed by atoms with E-state index in [1.807, 2.05) is 70.6 Å². The minimum absolute atomic E-state index is 0.112. The van der Waals surface area contributed by atoms with Gasteiger partial charge in [-0.1, -0.05) is 84.1 Å². The SMILES string of the molecule is Cc1ccc([C@@H]2CC(c3cccs3)=NN2C(=O)CSc2nnc(CNC(=O)c3ccccc3)n2-c2ccccc2)cc1. The molecule has 0 saturated carbocycles. The molecule has 0 unspecified atom stereocenters. The number of rotatable bonds is 9. The molecule has 0 saturated heterocycles. The van der Waals surface area contributed by atoms with E-state index in [1.165, 1.54) is 17.3 Å². The van der Waals surface area contributed by atoms with Crippen molar-refractivity contribution < 1.29 is 9.59 Å². The molecule has 5 aromatic rings. The number of para-hydroxylation sites is 1. The number of hydrogen-bond acceptors (Lipinski definition) is 7. The van der Waals surface area contributed by atoms with Crippen LogP contribution in [-0.2, 0) is 11.3 Å². The van der Waals surface area contributed by atoms with Gasteiger partial charge >= 0.3 is 0 Å². The third-order valence-corrected chi connectivity index (χ3v) is 8.75. The number of nitrogens with one attached hydrogen (secondary N) is 1. The van der Waals surface area contributed by atoms with Crippen LogP contribution in [0.2, 0.25) is 0 Å². The Morgan fingerprint density at radius 1 is 0.929 bits per heavy atom. The first-order valence-electron chi connectivity index (χ1n) is 13.5. The quantitative estimate of drug-likeness (QED) is 0.211. The van der Waals surface area contributed by atoms with E-state index in [-0.39, 0.29) is 30.2 Å². The van der Waals surface area contributed by atoms with Crippen molar-refractivity contribution in [3.63, 3.8) is 0 Å². The molecule has 3 aromatic carbocycles. The zero-order chi connectivity index (χ0) is 28.9. The number of carbonyl (C=O) groups is 2. The zero-order valence-corrected chi connectivity index (χ0v) is 24.5. The predicted molar refractivity (Wildman–Crippen MR) is 166 cm³/mol. The Morgan fingerprint density at radius 2 is 1.67 bits per heavy atom. The van der Waals surface area contributed by atoms with Gasteiger partial charge in [0.1, 0.15) is 0 Å². The normalized spacial score (nSPS) is 14.5. The molecule has 2 amide bonds. The molecule has 3 heterocycles. The summed E-state index contributed by atoms with van der Waals surface area (Å²) in [6.45, 7) is 2.23. The van der Waals surface area contributed by atoms with Gasteiger partial charge < -0.3 is 5.32 Å². The lowest BCUT2D eigenvalue weighted by Crippen LogP contribution is -2.28. The fourth-order valence-electron chi connectivity index (χ4n) is 4.77. The van der Waals surface area contributed by atoms with E-state index in [1.54, 1.807) is 28.5 Å². The fraction of sp³-hybridized carbons (Fsp3) is 0.156. The summed E-state index contributed by atoms with van der Waals surface area (Å²) < 4.78 is 1.88. The van der Waals surface area contributed by atoms with Crippen molar-refractivity contribution in [3.8, 4) is 5.69 Å². The number of carbonyl (C=O) groups excluding carboxylic acids is 2. The van der Waals surface area contributed by atoms with Crippen molar-refractivity contribution in [2.24, 2.45) is 5.10 Å². The number of aryl methyl sites for hydroxylation is 1. The van der Waals surface area contributed by atoms with Crippen molar-refractivity contribution in [1.29, 1.82) is 0 Å². The zero-order valence-electron chi connectivity index (χ0n) is 22.9. The third-order valence-electron chi connectivity index (χ3n) is 6.92.